The molecule has 3 saturated carbocycles. The second kappa shape index (κ2) is 14.0. The lowest BCUT2D eigenvalue weighted by Crippen LogP contribution is -2.38. The van der Waals surface area contributed by atoms with Crippen LogP contribution in [0.1, 0.15) is 155 Å². The molecule has 0 aromatic carbocycles. The Hall–Kier alpha value is -0.510. The molecular weight excluding hydrogens is 386 g/mol. The highest BCUT2D eigenvalue weighted by molar-refractivity contribution is 4.97. The number of rotatable bonds is 12. The lowest BCUT2D eigenvalue weighted by atomic mass is 9.56. The highest BCUT2D eigenvalue weighted by Gasteiger charge is 2.43. The molecule has 3 aliphatic carbocycles. The smallest absolute Gasteiger partial charge is 0.0655 e. The van der Waals surface area contributed by atoms with E-state index in [1.165, 1.54) is 128 Å². The first-order valence-corrected chi connectivity index (χ1v) is 15.1. The van der Waals surface area contributed by atoms with E-state index in [1.54, 1.807) is 12.8 Å². The molecule has 0 heterocycles. The molecule has 184 valence electrons. The zero-order valence-corrected chi connectivity index (χ0v) is 21.9. The standard InChI is InChI=1S/C31H55N/c1-3-5-7-8-9-11-26-12-14-28(15-13-26)29-16-18-30(19-17-29)31(22-10-6-4-2)23-20-27(25-32)21-24-31/h26-30H,3-24H2,1-2H3. The molecular formula is C31H55N. The molecule has 0 radical (unpaired) electrons. The summed E-state index contributed by atoms with van der Waals surface area (Å²) in [5.74, 6) is 4.47. The van der Waals surface area contributed by atoms with Crippen molar-refractivity contribution in [3.8, 4) is 6.07 Å². The summed E-state index contributed by atoms with van der Waals surface area (Å²) < 4.78 is 0. The molecule has 3 fully saturated rings. The monoisotopic (exact) mass is 441 g/mol. The summed E-state index contributed by atoms with van der Waals surface area (Å²) in [7, 11) is 0. The van der Waals surface area contributed by atoms with Gasteiger partial charge in [0.2, 0.25) is 0 Å². The van der Waals surface area contributed by atoms with Crippen LogP contribution in [0, 0.1) is 46.3 Å². The maximum atomic E-state index is 9.42. The van der Waals surface area contributed by atoms with E-state index in [1.807, 2.05) is 0 Å². The third-order valence-corrected chi connectivity index (χ3v) is 10.4. The number of hydrogen-bond acceptors (Lipinski definition) is 1. The lowest BCUT2D eigenvalue weighted by Gasteiger charge is -2.49. The molecule has 0 aromatic rings. The van der Waals surface area contributed by atoms with Crippen LogP contribution in [0.2, 0.25) is 0 Å². The average Bonchev–Trinajstić information content (AvgIpc) is 2.85. The van der Waals surface area contributed by atoms with Gasteiger partial charge in [0.15, 0.2) is 0 Å². The second-order valence-electron chi connectivity index (χ2n) is 12.3. The van der Waals surface area contributed by atoms with Gasteiger partial charge in [-0.1, -0.05) is 84.5 Å². The summed E-state index contributed by atoms with van der Waals surface area (Å²) in [6.45, 7) is 4.66. The van der Waals surface area contributed by atoms with Gasteiger partial charge in [0.25, 0.3) is 0 Å². The van der Waals surface area contributed by atoms with Crippen LogP contribution in [0.3, 0.4) is 0 Å². The van der Waals surface area contributed by atoms with Crippen molar-refractivity contribution in [2.24, 2.45) is 35.0 Å². The van der Waals surface area contributed by atoms with Gasteiger partial charge in [-0.15, -0.1) is 0 Å². The fraction of sp³-hybridized carbons (Fsp3) is 0.968. The molecule has 32 heavy (non-hydrogen) atoms. The molecule has 3 rings (SSSR count). The highest BCUT2D eigenvalue weighted by Crippen LogP contribution is 2.54. The van der Waals surface area contributed by atoms with Crippen molar-refractivity contribution in [2.75, 3.05) is 0 Å². The molecule has 0 atom stereocenters. The van der Waals surface area contributed by atoms with Gasteiger partial charge in [-0.05, 0) is 99.7 Å². The third kappa shape index (κ3) is 7.50. The molecule has 3 aliphatic rings. The van der Waals surface area contributed by atoms with Crippen LogP contribution in [0.5, 0.6) is 0 Å². The topological polar surface area (TPSA) is 23.8 Å². The van der Waals surface area contributed by atoms with E-state index in [-0.39, 0.29) is 0 Å². The van der Waals surface area contributed by atoms with Crippen molar-refractivity contribution in [2.45, 2.75) is 155 Å². The minimum absolute atomic E-state index is 0.354. The predicted octanol–water partition coefficient (Wildman–Crippen LogP) is 10.2. The lowest BCUT2D eigenvalue weighted by molar-refractivity contribution is 0.0230. The van der Waals surface area contributed by atoms with Gasteiger partial charge in [0.05, 0.1) is 6.07 Å². The fourth-order valence-electron chi connectivity index (χ4n) is 8.10. The molecule has 0 bridgehead atoms. The van der Waals surface area contributed by atoms with Crippen molar-refractivity contribution in [3.05, 3.63) is 0 Å². The average molecular weight is 442 g/mol. The minimum Gasteiger partial charge on any atom is -0.198 e. The Morgan fingerprint density at radius 2 is 1.22 bits per heavy atom. The summed E-state index contributed by atoms with van der Waals surface area (Å²) in [6, 6.07) is 2.59. The van der Waals surface area contributed by atoms with E-state index in [0.717, 1.165) is 23.7 Å². The summed E-state index contributed by atoms with van der Waals surface area (Å²) in [4.78, 5) is 0. The molecule has 0 spiro atoms. The van der Waals surface area contributed by atoms with Crippen LogP contribution in [0.15, 0.2) is 0 Å². The predicted molar refractivity (Wildman–Crippen MR) is 138 cm³/mol. The maximum Gasteiger partial charge on any atom is 0.0655 e. The molecule has 0 aromatic heterocycles. The normalized spacial score (nSPS) is 36.0. The van der Waals surface area contributed by atoms with Gasteiger partial charge >= 0.3 is 0 Å². The number of hydrogen-bond donors (Lipinski definition) is 0. The zero-order chi connectivity index (χ0) is 22.7. The van der Waals surface area contributed by atoms with Crippen LogP contribution < -0.4 is 0 Å². The first-order valence-electron chi connectivity index (χ1n) is 15.1. The van der Waals surface area contributed by atoms with Crippen molar-refractivity contribution >= 4 is 0 Å². The molecule has 0 aliphatic heterocycles. The first-order chi connectivity index (χ1) is 15.7. The molecule has 0 N–H and O–H groups in total. The third-order valence-electron chi connectivity index (χ3n) is 10.4. The van der Waals surface area contributed by atoms with Crippen LogP contribution in [0.25, 0.3) is 0 Å². The Morgan fingerprint density at radius 3 is 1.81 bits per heavy atom. The van der Waals surface area contributed by atoms with Crippen molar-refractivity contribution in [1.29, 1.82) is 5.26 Å². The number of nitriles is 1. The van der Waals surface area contributed by atoms with Crippen molar-refractivity contribution in [3.63, 3.8) is 0 Å². The van der Waals surface area contributed by atoms with Gasteiger partial charge in [0, 0.05) is 5.92 Å². The minimum atomic E-state index is 0.354. The Bertz CT molecular complexity index is 521. The maximum absolute atomic E-state index is 9.42. The van der Waals surface area contributed by atoms with Gasteiger partial charge in [-0.3, -0.25) is 0 Å². The Morgan fingerprint density at radius 1 is 0.656 bits per heavy atom. The summed E-state index contributed by atoms with van der Waals surface area (Å²) in [6.07, 6.45) is 31.7. The number of unbranched alkanes of at least 4 members (excludes halogenated alkanes) is 6. The number of nitrogens with zero attached hydrogens (tertiary/aromatic N) is 1. The highest BCUT2D eigenvalue weighted by atomic mass is 14.5. The Kier molecular flexibility index (Phi) is 11.4. The molecule has 0 amide bonds. The molecule has 0 unspecified atom stereocenters. The van der Waals surface area contributed by atoms with Gasteiger partial charge < -0.3 is 0 Å². The first kappa shape index (κ1) is 26.1. The van der Waals surface area contributed by atoms with Crippen molar-refractivity contribution in [1.82, 2.24) is 0 Å². The van der Waals surface area contributed by atoms with E-state index in [2.05, 4.69) is 19.9 Å². The summed E-state index contributed by atoms with van der Waals surface area (Å²) in [5.41, 5.74) is 0.600. The summed E-state index contributed by atoms with van der Waals surface area (Å²) in [5, 5.41) is 9.42. The van der Waals surface area contributed by atoms with Crippen LogP contribution in [-0.4, -0.2) is 0 Å². The van der Waals surface area contributed by atoms with E-state index < -0.39 is 0 Å². The van der Waals surface area contributed by atoms with E-state index >= 15 is 0 Å². The second-order valence-corrected chi connectivity index (χ2v) is 12.3. The van der Waals surface area contributed by atoms with E-state index in [0.29, 0.717) is 11.3 Å². The largest absolute Gasteiger partial charge is 0.198 e. The molecule has 0 saturated heterocycles. The van der Waals surface area contributed by atoms with Crippen molar-refractivity contribution < 1.29 is 0 Å². The summed E-state index contributed by atoms with van der Waals surface area (Å²) >= 11 is 0. The van der Waals surface area contributed by atoms with Crippen LogP contribution in [-0.2, 0) is 0 Å². The van der Waals surface area contributed by atoms with Crippen LogP contribution >= 0.6 is 0 Å². The molecule has 1 heteroatoms. The molecule has 1 nitrogen and oxygen atoms in total. The van der Waals surface area contributed by atoms with E-state index in [4.69, 9.17) is 0 Å². The Labute approximate surface area is 201 Å². The van der Waals surface area contributed by atoms with Gasteiger partial charge in [-0.2, -0.15) is 5.26 Å². The fourth-order valence-corrected chi connectivity index (χ4v) is 8.10. The Balaban J connectivity index is 1.41. The van der Waals surface area contributed by atoms with Crippen LogP contribution in [0.4, 0.5) is 0 Å². The van der Waals surface area contributed by atoms with Gasteiger partial charge in [0.1, 0.15) is 0 Å². The SMILES string of the molecule is CCCCCCCC1CCC(C2CCC(C3(CCCCC)CCC(C#N)CC3)CC2)CC1. The quantitative estimate of drug-likeness (QED) is 0.276. The van der Waals surface area contributed by atoms with Gasteiger partial charge in [-0.25, -0.2) is 0 Å². The van der Waals surface area contributed by atoms with E-state index in [9.17, 15) is 5.26 Å². The zero-order valence-electron chi connectivity index (χ0n) is 21.9.